The Morgan fingerprint density at radius 2 is 1.82 bits per heavy atom. The molecule has 202 valence electrons. The summed E-state index contributed by atoms with van der Waals surface area (Å²) in [5.74, 6) is 1.29. The third kappa shape index (κ3) is 5.88. The summed E-state index contributed by atoms with van der Waals surface area (Å²) in [6.45, 7) is 7.02. The summed E-state index contributed by atoms with van der Waals surface area (Å²) in [7, 11) is 0. The average molecular weight is 529 g/mol. The zero-order valence-corrected chi connectivity index (χ0v) is 22.1. The normalized spacial score (nSPS) is 13.4. The van der Waals surface area contributed by atoms with Gasteiger partial charge in [0.25, 0.3) is 0 Å². The van der Waals surface area contributed by atoms with Crippen LogP contribution in [0.5, 0.6) is 5.75 Å². The maximum Gasteiger partial charge on any atom is 0.511 e. The van der Waals surface area contributed by atoms with E-state index in [2.05, 4.69) is 16.8 Å². The lowest BCUT2D eigenvalue weighted by Gasteiger charge is -2.27. The second-order valence-electron chi connectivity index (χ2n) is 9.62. The van der Waals surface area contributed by atoms with Crippen LogP contribution in [-0.2, 0) is 17.7 Å². The maximum atomic E-state index is 12.8. The summed E-state index contributed by atoms with van der Waals surface area (Å²) in [4.78, 5) is 30.7. The van der Waals surface area contributed by atoms with Gasteiger partial charge >= 0.3 is 12.2 Å². The van der Waals surface area contributed by atoms with Crippen molar-refractivity contribution >= 4 is 28.9 Å². The molecule has 1 aromatic heterocycles. The van der Waals surface area contributed by atoms with Gasteiger partial charge in [-0.15, -0.1) is 0 Å². The van der Waals surface area contributed by atoms with Gasteiger partial charge in [-0.3, -0.25) is 0 Å². The van der Waals surface area contributed by atoms with E-state index < -0.39 is 6.16 Å². The number of ether oxygens (including phenoxy) is 2. The molecule has 0 aliphatic carbocycles. The molecule has 1 saturated heterocycles. The minimum absolute atomic E-state index is 0.125. The Labute approximate surface area is 227 Å². The Morgan fingerprint density at radius 3 is 2.54 bits per heavy atom. The van der Waals surface area contributed by atoms with Crippen molar-refractivity contribution in [1.82, 2.24) is 14.5 Å². The molecule has 9 nitrogen and oxygen atoms in total. The lowest BCUT2D eigenvalue weighted by atomic mass is 10.0. The quantitative estimate of drug-likeness (QED) is 0.227. The first kappa shape index (κ1) is 26.2. The second kappa shape index (κ2) is 11.6. The number of fused-ring (bicyclic) bond motifs is 1. The molecule has 2 heterocycles. The van der Waals surface area contributed by atoms with Gasteiger partial charge in [0.15, 0.2) is 0 Å². The maximum absolute atomic E-state index is 12.8. The molecule has 2 amide bonds. The van der Waals surface area contributed by atoms with Gasteiger partial charge in [0.1, 0.15) is 11.6 Å². The van der Waals surface area contributed by atoms with E-state index in [0.29, 0.717) is 44.2 Å². The number of carbonyl (C=O) groups excluding carboxylic acids is 1. The number of carboxylic acid groups (broad SMARTS) is 1. The number of aryl methyl sites for hydroxylation is 2. The molecule has 0 unspecified atom stereocenters. The summed E-state index contributed by atoms with van der Waals surface area (Å²) in [5, 5.41) is 12.1. The van der Waals surface area contributed by atoms with Crippen molar-refractivity contribution in [3.8, 4) is 16.9 Å². The molecule has 5 rings (SSSR count). The van der Waals surface area contributed by atoms with Crippen LogP contribution in [0.1, 0.15) is 30.3 Å². The number of nitrogens with zero attached hydrogens (tertiary/aromatic N) is 3. The van der Waals surface area contributed by atoms with Crippen molar-refractivity contribution < 1.29 is 24.2 Å². The first-order valence-corrected chi connectivity index (χ1v) is 13.2. The first-order chi connectivity index (χ1) is 18.9. The first-order valence-electron chi connectivity index (χ1n) is 13.2. The molecule has 1 fully saturated rings. The van der Waals surface area contributed by atoms with Crippen LogP contribution in [-0.4, -0.2) is 58.0 Å². The monoisotopic (exact) mass is 528 g/mol. The zero-order chi connectivity index (χ0) is 27.4. The smallest absolute Gasteiger partial charge is 0.449 e. The van der Waals surface area contributed by atoms with E-state index in [1.54, 1.807) is 17.0 Å². The van der Waals surface area contributed by atoms with Crippen LogP contribution in [0.2, 0.25) is 0 Å². The lowest BCUT2D eigenvalue weighted by molar-refractivity contribution is 0.0564. The van der Waals surface area contributed by atoms with E-state index in [-0.39, 0.29) is 6.03 Å². The van der Waals surface area contributed by atoms with Crippen LogP contribution >= 0.6 is 0 Å². The van der Waals surface area contributed by atoms with Gasteiger partial charge in [-0.2, -0.15) is 0 Å². The van der Waals surface area contributed by atoms with Crippen molar-refractivity contribution in [2.45, 2.75) is 33.2 Å². The average Bonchev–Trinajstić information content (AvgIpc) is 3.27. The molecule has 4 aromatic rings. The molecule has 0 atom stereocenters. The number of morpholine rings is 1. The largest absolute Gasteiger partial charge is 0.511 e. The Bertz CT molecular complexity index is 1490. The Balaban J connectivity index is 1.44. The predicted octanol–water partition coefficient (Wildman–Crippen LogP) is 5.93. The van der Waals surface area contributed by atoms with Crippen molar-refractivity contribution in [3.63, 3.8) is 0 Å². The number of urea groups is 1. The summed E-state index contributed by atoms with van der Waals surface area (Å²) >= 11 is 0. The molecular weight excluding hydrogens is 496 g/mol. The Hall–Kier alpha value is -4.37. The highest BCUT2D eigenvalue weighted by molar-refractivity contribution is 5.93. The Kier molecular flexibility index (Phi) is 7.79. The van der Waals surface area contributed by atoms with Gasteiger partial charge in [0.2, 0.25) is 0 Å². The number of imidazole rings is 1. The van der Waals surface area contributed by atoms with E-state index in [1.165, 1.54) is 0 Å². The highest BCUT2D eigenvalue weighted by atomic mass is 16.7. The van der Waals surface area contributed by atoms with Crippen LogP contribution in [0.3, 0.4) is 0 Å². The van der Waals surface area contributed by atoms with Crippen LogP contribution < -0.4 is 10.1 Å². The highest BCUT2D eigenvalue weighted by Crippen LogP contribution is 2.31. The van der Waals surface area contributed by atoms with Gasteiger partial charge in [-0.1, -0.05) is 49.4 Å². The summed E-state index contributed by atoms with van der Waals surface area (Å²) in [6.07, 6.45) is 0.453. The fourth-order valence-corrected chi connectivity index (χ4v) is 4.93. The SMILES string of the molecule is CCCc1nc2c(C)cc(NC(=O)N3CCOCC3)cc2n1Cc1ccc(-c2ccccc2OC(=O)O)cc1. The molecule has 0 radical (unpaired) electrons. The molecule has 9 heteroatoms. The number of aromatic nitrogens is 2. The standard InChI is InChI=1S/C30H32N4O5/c1-3-6-27-32-28-20(2)17-23(31-29(35)33-13-15-38-16-14-33)18-25(28)34(27)19-21-9-11-22(12-10-21)24-7-4-5-8-26(24)39-30(36)37/h4-5,7-12,17-18H,3,6,13-16,19H2,1-2H3,(H,31,35)(H,36,37). The van der Waals surface area contributed by atoms with Crippen LogP contribution in [0, 0.1) is 6.92 Å². The molecule has 0 bridgehead atoms. The van der Waals surface area contributed by atoms with Crippen molar-refractivity contribution in [3.05, 3.63) is 77.6 Å². The summed E-state index contributed by atoms with van der Waals surface area (Å²) in [6, 6.07) is 18.9. The van der Waals surface area contributed by atoms with Crippen LogP contribution in [0.15, 0.2) is 60.7 Å². The molecule has 39 heavy (non-hydrogen) atoms. The van der Waals surface area contributed by atoms with Gasteiger partial charge in [0, 0.05) is 37.3 Å². The molecule has 1 aliphatic heterocycles. The molecule has 0 saturated carbocycles. The minimum Gasteiger partial charge on any atom is -0.449 e. The van der Waals surface area contributed by atoms with E-state index in [1.807, 2.05) is 55.5 Å². The van der Waals surface area contributed by atoms with Crippen molar-refractivity contribution in [2.75, 3.05) is 31.6 Å². The minimum atomic E-state index is -1.34. The molecule has 1 aliphatic rings. The molecule has 0 spiro atoms. The lowest BCUT2D eigenvalue weighted by Crippen LogP contribution is -2.43. The number of carbonyl (C=O) groups is 2. The number of benzene rings is 3. The summed E-state index contributed by atoms with van der Waals surface area (Å²) < 4.78 is 12.5. The van der Waals surface area contributed by atoms with Gasteiger partial charge in [0.05, 0.1) is 24.2 Å². The highest BCUT2D eigenvalue weighted by Gasteiger charge is 2.19. The van der Waals surface area contributed by atoms with E-state index in [4.69, 9.17) is 19.6 Å². The van der Waals surface area contributed by atoms with Gasteiger partial charge in [-0.25, -0.2) is 14.6 Å². The number of rotatable bonds is 7. The zero-order valence-electron chi connectivity index (χ0n) is 22.1. The second-order valence-corrected chi connectivity index (χ2v) is 9.62. The van der Waals surface area contributed by atoms with E-state index >= 15 is 0 Å². The third-order valence-electron chi connectivity index (χ3n) is 6.84. The van der Waals surface area contributed by atoms with Crippen molar-refractivity contribution in [1.29, 1.82) is 0 Å². The fraction of sp³-hybridized carbons (Fsp3) is 0.300. The van der Waals surface area contributed by atoms with Crippen molar-refractivity contribution in [2.24, 2.45) is 0 Å². The third-order valence-corrected chi connectivity index (χ3v) is 6.84. The fourth-order valence-electron chi connectivity index (χ4n) is 4.93. The number of nitrogens with one attached hydrogen (secondary N) is 1. The predicted molar refractivity (Wildman–Crippen MR) is 150 cm³/mol. The molecular formula is C30H32N4O5. The number of anilines is 1. The molecule has 3 aromatic carbocycles. The van der Waals surface area contributed by atoms with Crippen LogP contribution in [0.4, 0.5) is 15.3 Å². The Morgan fingerprint density at radius 1 is 1.08 bits per heavy atom. The number of amides is 2. The van der Waals surface area contributed by atoms with Crippen LogP contribution in [0.25, 0.3) is 22.2 Å². The number of para-hydroxylation sites is 1. The topological polar surface area (TPSA) is 106 Å². The van der Waals surface area contributed by atoms with Gasteiger partial charge in [-0.05, 0) is 48.2 Å². The van der Waals surface area contributed by atoms with E-state index in [0.717, 1.165) is 52.1 Å². The molecule has 2 N–H and O–H groups in total. The number of hydrogen-bond donors (Lipinski definition) is 2. The van der Waals surface area contributed by atoms with Gasteiger partial charge < -0.3 is 29.4 Å². The number of hydrogen-bond acceptors (Lipinski definition) is 5. The van der Waals surface area contributed by atoms with E-state index in [9.17, 15) is 9.59 Å². The summed E-state index contributed by atoms with van der Waals surface area (Å²) in [5.41, 5.74) is 6.30.